The van der Waals surface area contributed by atoms with Gasteiger partial charge < -0.3 is 4.90 Å². The van der Waals surface area contributed by atoms with Crippen LogP contribution in [0, 0.1) is 12.8 Å². The third kappa shape index (κ3) is 2.47. The van der Waals surface area contributed by atoms with Gasteiger partial charge in [0.15, 0.2) is 5.78 Å². The quantitative estimate of drug-likeness (QED) is 0.711. The maximum absolute atomic E-state index is 12.2. The van der Waals surface area contributed by atoms with E-state index >= 15 is 0 Å². The second kappa shape index (κ2) is 4.74. The second-order valence-corrected chi connectivity index (χ2v) is 4.69. The predicted octanol–water partition coefficient (Wildman–Crippen LogP) is 1.91. The van der Waals surface area contributed by atoms with E-state index in [2.05, 4.69) is 16.9 Å². The van der Waals surface area contributed by atoms with Crippen LogP contribution in [0.25, 0.3) is 0 Å². The average Bonchev–Trinajstić information content (AvgIpc) is 2.29. The molecule has 0 bridgehead atoms. The summed E-state index contributed by atoms with van der Waals surface area (Å²) in [6, 6.07) is 1.94. The first kappa shape index (κ1) is 11.3. The zero-order valence-electron chi connectivity index (χ0n) is 9.94. The highest BCUT2D eigenvalue weighted by Gasteiger charge is 2.24. The van der Waals surface area contributed by atoms with Gasteiger partial charge in [0.25, 0.3) is 0 Å². The van der Waals surface area contributed by atoms with Crippen LogP contribution in [0.5, 0.6) is 0 Å². The molecule has 1 aromatic heterocycles. The molecule has 16 heavy (non-hydrogen) atoms. The number of Topliss-reactive ketones (excluding diaryl/α,β-unsaturated/α-hetero) is 1. The van der Waals surface area contributed by atoms with E-state index in [4.69, 9.17) is 0 Å². The van der Waals surface area contributed by atoms with Gasteiger partial charge >= 0.3 is 0 Å². The first-order valence-electron chi connectivity index (χ1n) is 5.81. The van der Waals surface area contributed by atoms with Crippen LogP contribution in [-0.2, 0) is 0 Å². The Morgan fingerprint density at radius 3 is 2.69 bits per heavy atom. The van der Waals surface area contributed by atoms with Crippen LogP contribution in [0.4, 0.5) is 0 Å². The van der Waals surface area contributed by atoms with Crippen molar-refractivity contribution in [1.29, 1.82) is 0 Å². The lowest BCUT2D eigenvalue weighted by molar-refractivity contribution is 0.0856. The van der Waals surface area contributed by atoms with E-state index in [1.807, 2.05) is 13.0 Å². The van der Waals surface area contributed by atoms with Gasteiger partial charge in [-0.3, -0.25) is 9.78 Å². The van der Waals surface area contributed by atoms with Crippen LogP contribution in [0.3, 0.4) is 0 Å². The summed E-state index contributed by atoms with van der Waals surface area (Å²) in [7, 11) is 2.11. The van der Waals surface area contributed by atoms with Gasteiger partial charge in [0.2, 0.25) is 0 Å². The lowest BCUT2D eigenvalue weighted by Crippen LogP contribution is -2.33. The lowest BCUT2D eigenvalue weighted by Gasteiger charge is -2.27. The Bertz CT molecular complexity index is 381. The number of aromatic nitrogens is 1. The Hall–Kier alpha value is -1.22. The molecule has 1 aromatic rings. The molecule has 1 fully saturated rings. The SMILES string of the molecule is Cc1cncc(C(=O)C2CCN(C)CC2)c1. The van der Waals surface area contributed by atoms with E-state index in [9.17, 15) is 4.79 Å². The zero-order chi connectivity index (χ0) is 11.5. The molecule has 2 rings (SSSR count). The molecule has 2 heterocycles. The maximum atomic E-state index is 12.2. The van der Waals surface area contributed by atoms with Crippen LogP contribution in [0.1, 0.15) is 28.8 Å². The molecule has 3 heteroatoms. The van der Waals surface area contributed by atoms with E-state index in [-0.39, 0.29) is 11.7 Å². The highest BCUT2D eigenvalue weighted by molar-refractivity contribution is 5.97. The molecule has 0 atom stereocenters. The molecule has 1 aliphatic heterocycles. The number of nitrogens with zero attached hydrogens (tertiary/aromatic N) is 2. The van der Waals surface area contributed by atoms with Crippen molar-refractivity contribution >= 4 is 5.78 Å². The Balaban J connectivity index is 2.08. The van der Waals surface area contributed by atoms with Crippen molar-refractivity contribution in [1.82, 2.24) is 9.88 Å². The van der Waals surface area contributed by atoms with Crippen molar-refractivity contribution in [3.8, 4) is 0 Å². The van der Waals surface area contributed by atoms with Crippen LogP contribution in [-0.4, -0.2) is 35.8 Å². The van der Waals surface area contributed by atoms with Gasteiger partial charge in [-0.05, 0) is 51.5 Å². The first-order valence-corrected chi connectivity index (χ1v) is 5.81. The van der Waals surface area contributed by atoms with Crippen molar-refractivity contribution in [3.63, 3.8) is 0 Å². The van der Waals surface area contributed by atoms with Gasteiger partial charge in [0.05, 0.1) is 0 Å². The molecule has 0 amide bonds. The topological polar surface area (TPSA) is 33.2 Å². The summed E-state index contributed by atoms with van der Waals surface area (Å²) in [5, 5.41) is 0. The third-order valence-corrected chi connectivity index (χ3v) is 3.25. The fourth-order valence-corrected chi connectivity index (χ4v) is 2.20. The number of hydrogen-bond donors (Lipinski definition) is 0. The molecule has 0 saturated carbocycles. The van der Waals surface area contributed by atoms with Crippen molar-refractivity contribution in [2.45, 2.75) is 19.8 Å². The third-order valence-electron chi connectivity index (χ3n) is 3.25. The Morgan fingerprint density at radius 2 is 2.06 bits per heavy atom. The summed E-state index contributed by atoms with van der Waals surface area (Å²) in [4.78, 5) is 18.6. The van der Waals surface area contributed by atoms with Crippen molar-refractivity contribution in [3.05, 3.63) is 29.6 Å². The minimum absolute atomic E-state index is 0.194. The Morgan fingerprint density at radius 1 is 1.38 bits per heavy atom. The monoisotopic (exact) mass is 218 g/mol. The van der Waals surface area contributed by atoms with Gasteiger partial charge in [0.1, 0.15) is 0 Å². The summed E-state index contributed by atoms with van der Waals surface area (Å²) < 4.78 is 0. The van der Waals surface area contributed by atoms with Gasteiger partial charge in [-0.1, -0.05) is 0 Å². The number of aryl methyl sites for hydroxylation is 1. The number of ketones is 1. The van der Waals surface area contributed by atoms with Crippen LogP contribution >= 0.6 is 0 Å². The molecule has 1 aliphatic rings. The largest absolute Gasteiger partial charge is 0.306 e. The summed E-state index contributed by atoms with van der Waals surface area (Å²) in [5.41, 5.74) is 1.83. The second-order valence-electron chi connectivity index (χ2n) is 4.69. The van der Waals surface area contributed by atoms with Crippen LogP contribution < -0.4 is 0 Å². The zero-order valence-corrected chi connectivity index (χ0v) is 9.94. The number of pyridine rings is 1. The highest BCUT2D eigenvalue weighted by Crippen LogP contribution is 2.20. The van der Waals surface area contributed by atoms with E-state index in [0.717, 1.165) is 37.1 Å². The van der Waals surface area contributed by atoms with Crippen molar-refractivity contribution < 1.29 is 4.79 Å². The molecule has 0 aliphatic carbocycles. The number of carbonyl (C=O) groups is 1. The maximum Gasteiger partial charge on any atom is 0.167 e. The standard InChI is InChI=1S/C13H18N2O/c1-10-7-12(9-14-8-10)13(16)11-3-5-15(2)6-4-11/h7-9,11H,3-6H2,1-2H3. The molecule has 3 nitrogen and oxygen atoms in total. The van der Waals surface area contributed by atoms with E-state index in [1.54, 1.807) is 12.4 Å². The molecular weight excluding hydrogens is 200 g/mol. The van der Waals surface area contributed by atoms with Gasteiger partial charge in [0, 0.05) is 23.9 Å². The van der Waals surface area contributed by atoms with Gasteiger partial charge in [-0.25, -0.2) is 0 Å². The van der Waals surface area contributed by atoms with Crippen molar-refractivity contribution in [2.75, 3.05) is 20.1 Å². The number of likely N-dealkylation sites (tertiary alicyclic amines) is 1. The lowest BCUT2D eigenvalue weighted by atomic mass is 9.89. The number of piperidine rings is 1. The Labute approximate surface area is 96.5 Å². The minimum Gasteiger partial charge on any atom is -0.306 e. The van der Waals surface area contributed by atoms with Crippen LogP contribution in [0.15, 0.2) is 18.5 Å². The molecule has 0 N–H and O–H groups in total. The molecule has 0 radical (unpaired) electrons. The highest BCUT2D eigenvalue weighted by atomic mass is 16.1. The fraction of sp³-hybridized carbons (Fsp3) is 0.538. The van der Waals surface area contributed by atoms with Gasteiger partial charge in [-0.15, -0.1) is 0 Å². The van der Waals surface area contributed by atoms with Gasteiger partial charge in [-0.2, -0.15) is 0 Å². The van der Waals surface area contributed by atoms with Crippen LogP contribution in [0.2, 0.25) is 0 Å². The summed E-state index contributed by atoms with van der Waals surface area (Å²) in [6.45, 7) is 4.02. The van der Waals surface area contributed by atoms with Crippen molar-refractivity contribution in [2.24, 2.45) is 5.92 Å². The summed E-state index contributed by atoms with van der Waals surface area (Å²) >= 11 is 0. The number of rotatable bonds is 2. The molecule has 0 spiro atoms. The van der Waals surface area contributed by atoms with E-state index < -0.39 is 0 Å². The van der Waals surface area contributed by atoms with E-state index in [1.165, 1.54) is 0 Å². The molecule has 0 unspecified atom stereocenters. The summed E-state index contributed by atoms with van der Waals surface area (Å²) in [5.74, 6) is 0.462. The fourth-order valence-electron chi connectivity index (χ4n) is 2.20. The normalized spacial score (nSPS) is 18.6. The molecule has 1 saturated heterocycles. The predicted molar refractivity (Wildman–Crippen MR) is 63.5 cm³/mol. The molecule has 86 valence electrons. The minimum atomic E-state index is 0.194. The number of carbonyl (C=O) groups excluding carboxylic acids is 1. The Kier molecular flexibility index (Phi) is 3.34. The first-order chi connectivity index (χ1) is 7.66. The van der Waals surface area contributed by atoms with E-state index in [0.29, 0.717) is 0 Å². The average molecular weight is 218 g/mol. The smallest absolute Gasteiger partial charge is 0.167 e. The molecular formula is C13H18N2O. The molecule has 0 aromatic carbocycles. The number of hydrogen-bond acceptors (Lipinski definition) is 3. The summed E-state index contributed by atoms with van der Waals surface area (Å²) in [6.07, 6.45) is 5.42.